The third-order valence-corrected chi connectivity index (χ3v) is 2.34. The normalized spacial score (nSPS) is 10.6. The molecule has 17 heavy (non-hydrogen) atoms. The van der Waals surface area contributed by atoms with Crippen molar-refractivity contribution in [3.63, 3.8) is 0 Å². The molecule has 6 nitrogen and oxygen atoms in total. The summed E-state index contributed by atoms with van der Waals surface area (Å²) in [6.45, 7) is 4.94. The first kappa shape index (κ1) is 14.0. The number of hydrogen-bond acceptors (Lipinski definition) is 7. The molecule has 1 aromatic rings. The van der Waals surface area contributed by atoms with Gasteiger partial charge in [0.15, 0.2) is 5.16 Å². The molecule has 0 spiro atoms. The second kappa shape index (κ2) is 7.31. The third kappa shape index (κ3) is 5.20. The fraction of sp³-hybridized carbons (Fsp3) is 0.600. The minimum Gasteiger partial charge on any atom is -0.475 e. The molecule has 0 saturated heterocycles. The molecule has 0 aromatic carbocycles. The van der Waals surface area contributed by atoms with Crippen molar-refractivity contribution in [3.8, 4) is 5.88 Å². The maximum absolute atomic E-state index is 5.46. The number of hydrazine groups is 1. The number of rotatable bonds is 7. The molecule has 1 aromatic heterocycles. The van der Waals surface area contributed by atoms with E-state index in [9.17, 15) is 0 Å². The van der Waals surface area contributed by atoms with Crippen LogP contribution in [0.15, 0.2) is 11.2 Å². The first-order valence-corrected chi connectivity index (χ1v) is 6.52. The van der Waals surface area contributed by atoms with Crippen molar-refractivity contribution < 1.29 is 9.47 Å². The molecule has 1 rings (SSSR count). The van der Waals surface area contributed by atoms with Crippen LogP contribution in [-0.4, -0.2) is 35.5 Å². The summed E-state index contributed by atoms with van der Waals surface area (Å²) in [6.07, 6.45) is 2.09. The standard InChI is InChI=1S/C10H18N4O2S/c1-7(2)15-4-5-16-9-6-8(14-11)12-10(13-9)17-3/h6-7H,4-5,11H2,1-3H3,(H,12,13,14). The summed E-state index contributed by atoms with van der Waals surface area (Å²) in [5.41, 5.74) is 2.48. The lowest BCUT2D eigenvalue weighted by molar-refractivity contribution is 0.0541. The predicted octanol–water partition coefficient (Wildman–Crippen LogP) is 1.29. The number of nitrogens with one attached hydrogen (secondary N) is 1. The first-order chi connectivity index (χ1) is 8.15. The van der Waals surface area contributed by atoms with Crippen LogP contribution in [0, 0.1) is 0 Å². The highest BCUT2D eigenvalue weighted by Crippen LogP contribution is 2.18. The summed E-state index contributed by atoms with van der Waals surface area (Å²) in [5, 5.41) is 0.611. The zero-order valence-corrected chi connectivity index (χ0v) is 11.1. The second-order valence-electron chi connectivity index (χ2n) is 3.49. The lowest BCUT2D eigenvalue weighted by Crippen LogP contribution is -2.13. The predicted molar refractivity (Wildman–Crippen MR) is 68.2 cm³/mol. The van der Waals surface area contributed by atoms with E-state index in [2.05, 4.69) is 15.4 Å². The van der Waals surface area contributed by atoms with Crippen LogP contribution in [0.2, 0.25) is 0 Å². The zero-order valence-electron chi connectivity index (χ0n) is 10.3. The number of nitrogens with zero attached hydrogens (tertiary/aromatic N) is 2. The molecule has 7 heteroatoms. The van der Waals surface area contributed by atoms with Crippen LogP contribution in [0.5, 0.6) is 5.88 Å². The minimum absolute atomic E-state index is 0.201. The molecule has 0 unspecified atom stereocenters. The van der Waals surface area contributed by atoms with Gasteiger partial charge in [-0.15, -0.1) is 0 Å². The third-order valence-electron chi connectivity index (χ3n) is 1.80. The van der Waals surface area contributed by atoms with Gasteiger partial charge in [0.05, 0.1) is 12.7 Å². The molecule has 0 amide bonds. The van der Waals surface area contributed by atoms with E-state index in [-0.39, 0.29) is 6.10 Å². The van der Waals surface area contributed by atoms with Gasteiger partial charge >= 0.3 is 0 Å². The van der Waals surface area contributed by atoms with Crippen molar-refractivity contribution in [3.05, 3.63) is 6.07 Å². The van der Waals surface area contributed by atoms with E-state index in [1.54, 1.807) is 6.07 Å². The number of ether oxygens (including phenoxy) is 2. The van der Waals surface area contributed by atoms with Crippen LogP contribution >= 0.6 is 11.8 Å². The van der Waals surface area contributed by atoms with Crippen molar-refractivity contribution >= 4 is 17.6 Å². The lowest BCUT2D eigenvalue weighted by atomic mass is 10.5. The van der Waals surface area contributed by atoms with Gasteiger partial charge in [-0.05, 0) is 20.1 Å². The Morgan fingerprint density at radius 1 is 1.41 bits per heavy atom. The SMILES string of the molecule is CSc1nc(NN)cc(OCCOC(C)C)n1. The van der Waals surface area contributed by atoms with Gasteiger partial charge in [0.25, 0.3) is 0 Å². The van der Waals surface area contributed by atoms with Gasteiger partial charge in [-0.2, -0.15) is 4.98 Å². The zero-order chi connectivity index (χ0) is 12.7. The maximum Gasteiger partial charge on any atom is 0.219 e. The van der Waals surface area contributed by atoms with Gasteiger partial charge in [-0.25, -0.2) is 10.8 Å². The van der Waals surface area contributed by atoms with Crippen LogP contribution in [-0.2, 0) is 4.74 Å². The fourth-order valence-corrected chi connectivity index (χ4v) is 1.44. The Morgan fingerprint density at radius 3 is 2.76 bits per heavy atom. The summed E-state index contributed by atoms with van der Waals surface area (Å²) in [5.74, 6) is 6.33. The molecule has 0 saturated carbocycles. The number of thioether (sulfide) groups is 1. The van der Waals surface area contributed by atoms with Crippen molar-refractivity contribution in [2.75, 3.05) is 24.9 Å². The van der Waals surface area contributed by atoms with Gasteiger partial charge in [-0.1, -0.05) is 11.8 Å². The van der Waals surface area contributed by atoms with E-state index in [0.29, 0.717) is 30.1 Å². The largest absolute Gasteiger partial charge is 0.475 e. The molecule has 96 valence electrons. The van der Waals surface area contributed by atoms with Crippen molar-refractivity contribution in [2.24, 2.45) is 5.84 Å². The van der Waals surface area contributed by atoms with Crippen molar-refractivity contribution in [1.82, 2.24) is 9.97 Å². The van der Waals surface area contributed by atoms with Crippen LogP contribution < -0.4 is 16.0 Å². The highest BCUT2D eigenvalue weighted by molar-refractivity contribution is 7.98. The van der Waals surface area contributed by atoms with E-state index in [1.165, 1.54) is 11.8 Å². The average Bonchev–Trinajstić information content (AvgIpc) is 2.34. The summed E-state index contributed by atoms with van der Waals surface area (Å²) >= 11 is 1.43. The molecule has 1 heterocycles. The number of hydrogen-bond donors (Lipinski definition) is 2. The van der Waals surface area contributed by atoms with Crippen molar-refractivity contribution in [1.29, 1.82) is 0 Å². The van der Waals surface area contributed by atoms with E-state index in [0.717, 1.165) is 0 Å². The van der Waals surface area contributed by atoms with E-state index in [1.807, 2.05) is 20.1 Å². The van der Waals surface area contributed by atoms with E-state index < -0.39 is 0 Å². The Labute approximate surface area is 105 Å². The fourth-order valence-electron chi connectivity index (χ4n) is 1.07. The Bertz CT molecular complexity index is 327. The number of nitrogens with two attached hydrogens (primary N) is 1. The Morgan fingerprint density at radius 2 is 2.18 bits per heavy atom. The Balaban J connectivity index is 2.51. The molecule has 0 aliphatic heterocycles. The summed E-state index contributed by atoms with van der Waals surface area (Å²) in [4.78, 5) is 8.33. The molecule has 0 bridgehead atoms. The van der Waals surface area contributed by atoms with Crippen LogP contribution in [0.1, 0.15) is 13.8 Å². The van der Waals surface area contributed by atoms with Crippen LogP contribution in [0.3, 0.4) is 0 Å². The minimum atomic E-state index is 0.201. The molecule has 0 fully saturated rings. The number of aromatic nitrogens is 2. The molecule has 0 aliphatic rings. The molecular weight excluding hydrogens is 240 g/mol. The van der Waals surface area contributed by atoms with Gasteiger partial charge in [0.2, 0.25) is 5.88 Å². The van der Waals surface area contributed by atoms with E-state index >= 15 is 0 Å². The van der Waals surface area contributed by atoms with E-state index in [4.69, 9.17) is 15.3 Å². The highest BCUT2D eigenvalue weighted by Gasteiger charge is 2.04. The van der Waals surface area contributed by atoms with Gasteiger partial charge in [-0.3, -0.25) is 0 Å². The topological polar surface area (TPSA) is 82.3 Å². The number of anilines is 1. The molecular formula is C10H18N4O2S. The molecule has 0 aliphatic carbocycles. The summed E-state index contributed by atoms with van der Waals surface area (Å²) in [6, 6.07) is 1.65. The molecule has 0 radical (unpaired) electrons. The van der Waals surface area contributed by atoms with Gasteiger partial charge in [0, 0.05) is 6.07 Å². The maximum atomic E-state index is 5.46. The molecule has 0 atom stereocenters. The van der Waals surface area contributed by atoms with Crippen LogP contribution in [0.25, 0.3) is 0 Å². The van der Waals surface area contributed by atoms with Crippen molar-refractivity contribution in [2.45, 2.75) is 25.1 Å². The highest BCUT2D eigenvalue weighted by atomic mass is 32.2. The monoisotopic (exact) mass is 258 g/mol. The average molecular weight is 258 g/mol. The molecule has 3 N–H and O–H groups in total. The second-order valence-corrected chi connectivity index (χ2v) is 4.26. The quantitative estimate of drug-likeness (QED) is 0.251. The smallest absolute Gasteiger partial charge is 0.219 e. The van der Waals surface area contributed by atoms with Crippen LogP contribution in [0.4, 0.5) is 5.82 Å². The number of nitrogen functional groups attached to an aromatic ring is 1. The van der Waals surface area contributed by atoms with Gasteiger partial charge < -0.3 is 14.9 Å². The summed E-state index contributed by atoms with van der Waals surface area (Å²) < 4.78 is 10.8. The first-order valence-electron chi connectivity index (χ1n) is 5.29. The lowest BCUT2D eigenvalue weighted by Gasteiger charge is -2.10. The van der Waals surface area contributed by atoms with Gasteiger partial charge in [0.1, 0.15) is 12.4 Å². The summed E-state index contributed by atoms with van der Waals surface area (Å²) in [7, 11) is 0. The Kier molecular flexibility index (Phi) is 6.03. The Hall–Kier alpha value is -1.05.